The molecule has 128 valence electrons. The molecule has 5 nitrogen and oxygen atoms in total. The second kappa shape index (κ2) is 8.57. The van der Waals surface area contributed by atoms with Crippen molar-refractivity contribution in [2.24, 2.45) is 0 Å². The molecular weight excluding hydrogens is 312 g/mol. The molecule has 0 radical (unpaired) electrons. The minimum atomic E-state index is -1.25. The molecule has 1 heterocycles. The Hall–Kier alpha value is -1.24. The van der Waals surface area contributed by atoms with E-state index in [2.05, 4.69) is 18.6 Å². The molecule has 1 amide bonds. The molecule has 2 rings (SSSR count). The van der Waals surface area contributed by atoms with Crippen LogP contribution in [0.15, 0.2) is 29.2 Å². The van der Waals surface area contributed by atoms with Crippen molar-refractivity contribution in [2.75, 3.05) is 11.4 Å². The minimum Gasteiger partial charge on any atom is -0.383 e. The third-order valence-corrected chi connectivity index (χ3v) is 5.46. The normalized spacial score (nSPS) is 20.7. The van der Waals surface area contributed by atoms with E-state index in [1.807, 2.05) is 0 Å². The number of aliphatic hydroxyl groups excluding tert-OH is 1. The molecule has 1 aliphatic heterocycles. The van der Waals surface area contributed by atoms with Crippen LogP contribution in [0.1, 0.15) is 46.0 Å². The molecule has 1 fully saturated rings. The molecule has 3 atom stereocenters. The lowest BCUT2D eigenvalue weighted by Crippen LogP contribution is -2.30. The first-order chi connectivity index (χ1) is 11.1. The predicted octanol–water partition coefficient (Wildman–Crippen LogP) is 2.37. The van der Waals surface area contributed by atoms with Gasteiger partial charge >= 0.3 is 0 Å². The number of unbranched alkanes of at least 4 members (excludes halogenated alkanes) is 1. The Morgan fingerprint density at radius 1 is 1.35 bits per heavy atom. The van der Waals surface area contributed by atoms with E-state index in [0.29, 0.717) is 17.9 Å². The molecule has 1 aliphatic rings. The van der Waals surface area contributed by atoms with Gasteiger partial charge in [0.05, 0.1) is 4.90 Å². The summed E-state index contributed by atoms with van der Waals surface area (Å²) in [5.41, 5.74) is 0.741. The molecule has 1 saturated heterocycles. The molecule has 0 spiro atoms. The summed E-state index contributed by atoms with van der Waals surface area (Å²) < 4.78 is 15.6. The molecule has 1 aromatic rings. The van der Waals surface area contributed by atoms with Gasteiger partial charge < -0.3 is 10.0 Å². The molecule has 3 unspecified atom stereocenters. The lowest BCUT2D eigenvalue weighted by molar-refractivity contribution is -0.123. The first-order valence-electron chi connectivity index (χ1n) is 8.34. The standard InChI is InChI=1S/C17H26N2O3S/c1-3-5-6-13(4-2)18-23(22)15-9-7-14(8-10-15)19-12-11-16(20)17(19)21/h7-10,13,16,18,20H,3-6,11-12H2,1-2H3. The highest BCUT2D eigenvalue weighted by Crippen LogP contribution is 2.22. The maximum Gasteiger partial charge on any atom is 0.255 e. The minimum absolute atomic E-state index is 0.255. The Bertz CT molecular complexity index is 547. The lowest BCUT2D eigenvalue weighted by atomic mass is 10.1. The number of aliphatic hydroxyl groups is 1. The number of carbonyl (C=O) groups excluding carboxylic acids is 1. The summed E-state index contributed by atoms with van der Waals surface area (Å²) in [6.45, 7) is 4.77. The molecular formula is C17H26N2O3S. The molecule has 6 heteroatoms. The Kier molecular flexibility index (Phi) is 6.74. The van der Waals surface area contributed by atoms with Crippen LogP contribution in [-0.2, 0) is 15.8 Å². The quantitative estimate of drug-likeness (QED) is 0.764. The van der Waals surface area contributed by atoms with Crippen LogP contribution >= 0.6 is 0 Å². The Morgan fingerprint density at radius 3 is 2.57 bits per heavy atom. The van der Waals surface area contributed by atoms with Crippen molar-refractivity contribution in [2.45, 2.75) is 63.0 Å². The van der Waals surface area contributed by atoms with Crippen molar-refractivity contribution < 1.29 is 14.1 Å². The maximum atomic E-state index is 12.4. The van der Waals surface area contributed by atoms with Crippen molar-refractivity contribution >= 4 is 22.6 Å². The van der Waals surface area contributed by atoms with E-state index < -0.39 is 17.1 Å². The van der Waals surface area contributed by atoms with E-state index in [1.165, 1.54) is 0 Å². The Balaban J connectivity index is 1.98. The summed E-state index contributed by atoms with van der Waals surface area (Å²) in [5, 5.41) is 9.52. The van der Waals surface area contributed by atoms with Gasteiger partial charge in [0, 0.05) is 24.7 Å². The zero-order valence-corrected chi connectivity index (χ0v) is 14.6. The number of amides is 1. The third kappa shape index (κ3) is 4.62. The van der Waals surface area contributed by atoms with E-state index in [1.54, 1.807) is 29.2 Å². The van der Waals surface area contributed by atoms with E-state index >= 15 is 0 Å². The molecule has 0 saturated carbocycles. The fraction of sp³-hybridized carbons (Fsp3) is 0.588. The second-order valence-electron chi connectivity index (χ2n) is 5.92. The molecule has 0 bridgehead atoms. The van der Waals surface area contributed by atoms with E-state index in [4.69, 9.17) is 0 Å². The summed E-state index contributed by atoms with van der Waals surface area (Å²) in [5.74, 6) is -0.261. The highest BCUT2D eigenvalue weighted by Gasteiger charge is 2.30. The van der Waals surface area contributed by atoms with Crippen LogP contribution in [0.2, 0.25) is 0 Å². The van der Waals surface area contributed by atoms with Crippen LogP contribution < -0.4 is 9.62 Å². The number of nitrogens with one attached hydrogen (secondary N) is 1. The lowest BCUT2D eigenvalue weighted by Gasteiger charge is -2.18. The number of hydrogen-bond acceptors (Lipinski definition) is 3. The first kappa shape index (κ1) is 18.1. The monoisotopic (exact) mass is 338 g/mol. The molecule has 2 N–H and O–H groups in total. The van der Waals surface area contributed by atoms with Gasteiger partial charge in [-0.25, -0.2) is 8.93 Å². The summed E-state index contributed by atoms with van der Waals surface area (Å²) in [6, 6.07) is 7.40. The topological polar surface area (TPSA) is 69.6 Å². The number of benzene rings is 1. The van der Waals surface area contributed by atoms with Gasteiger partial charge in [-0.05, 0) is 37.1 Å². The molecule has 23 heavy (non-hydrogen) atoms. The maximum absolute atomic E-state index is 12.4. The van der Waals surface area contributed by atoms with E-state index in [9.17, 15) is 14.1 Å². The molecule has 0 aromatic heterocycles. The fourth-order valence-corrected chi connectivity index (χ4v) is 3.79. The van der Waals surface area contributed by atoms with Gasteiger partial charge in [-0.3, -0.25) is 4.79 Å². The highest BCUT2D eigenvalue weighted by atomic mass is 32.2. The van der Waals surface area contributed by atoms with Gasteiger partial charge in [-0.2, -0.15) is 0 Å². The van der Waals surface area contributed by atoms with Crippen molar-refractivity contribution in [3.8, 4) is 0 Å². The smallest absolute Gasteiger partial charge is 0.255 e. The molecule has 1 aromatic carbocycles. The summed E-state index contributed by atoms with van der Waals surface area (Å²) >= 11 is 0. The average Bonchev–Trinajstić information content (AvgIpc) is 2.90. The summed E-state index contributed by atoms with van der Waals surface area (Å²) in [6.07, 6.45) is 3.80. The van der Waals surface area contributed by atoms with Crippen molar-refractivity contribution in [3.63, 3.8) is 0 Å². The number of rotatable bonds is 8. The third-order valence-electron chi connectivity index (χ3n) is 4.21. The van der Waals surface area contributed by atoms with Gasteiger partial charge in [0.2, 0.25) is 0 Å². The zero-order valence-electron chi connectivity index (χ0n) is 13.8. The van der Waals surface area contributed by atoms with E-state index in [-0.39, 0.29) is 11.9 Å². The first-order valence-corrected chi connectivity index (χ1v) is 9.49. The average molecular weight is 338 g/mol. The van der Waals surface area contributed by atoms with Crippen LogP contribution in [0.4, 0.5) is 5.69 Å². The largest absolute Gasteiger partial charge is 0.383 e. The van der Waals surface area contributed by atoms with Gasteiger partial charge in [0.25, 0.3) is 5.91 Å². The predicted molar refractivity (Wildman–Crippen MR) is 92.6 cm³/mol. The van der Waals surface area contributed by atoms with Gasteiger partial charge in [-0.15, -0.1) is 0 Å². The Morgan fingerprint density at radius 2 is 2.04 bits per heavy atom. The van der Waals surface area contributed by atoms with Crippen LogP contribution in [0, 0.1) is 0 Å². The zero-order chi connectivity index (χ0) is 16.8. The fourth-order valence-electron chi connectivity index (χ4n) is 2.69. The van der Waals surface area contributed by atoms with Crippen molar-refractivity contribution in [1.29, 1.82) is 0 Å². The number of carbonyl (C=O) groups is 1. The SMILES string of the molecule is CCCCC(CC)NS(=O)c1ccc(N2CCC(O)C2=O)cc1. The summed E-state index contributed by atoms with van der Waals surface area (Å²) in [7, 11) is -1.25. The Labute approximate surface area is 140 Å². The number of anilines is 1. The van der Waals surface area contributed by atoms with Crippen LogP contribution in [-0.4, -0.2) is 33.9 Å². The van der Waals surface area contributed by atoms with Crippen LogP contribution in [0.3, 0.4) is 0 Å². The van der Waals surface area contributed by atoms with Gasteiger partial charge in [0.1, 0.15) is 17.1 Å². The van der Waals surface area contributed by atoms with Crippen LogP contribution in [0.5, 0.6) is 0 Å². The van der Waals surface area contributed by atoms with E-state index in [0.717, 1.165) is 31.4 Å². The second-order valence-corrected chi connectivity index (χ2v) is 7.17. The number of hydrogen-bond donors (Lipinski definition) is 2. The van der Waals surface area contributed by atoms with Gasteiger partial charge in [0.15, 0.2) is 0 Å². The summed E-state index contributed by atoms with van der Waals surface area (Å²) in [4.78, 5) is 14.1. The van der Waals surface area contributed by atoms with Crippen LogP contribution in [0.25, 0.3) is 0 Å². The van der Waals surface area contributed by atoms with Crippen molar-refractivity contribution in [1.82, 2.24) is 4.72 Å². The molecule has 0 aliphatic carbocycles. The highest BCUT2D eigenvalue weighted by molar-refractivity contribution is 7.83. The van der Waals surface area contributed by atoms with Gasteiger partial charge in [-0.1, -0.05) is 26.7 Å². The number of nitrogens with zero attached hydrogens (tertiary/aromatic N) is 1. The van der Waals surface area contributed by atoms with Crippen molar-refractivity contribution in [3.05, 3.63) is 24.3 Å².